The fourth-order valence-corrected chi connectivity index (χ4v) is 3.89. The Labute approximate surface area is 151 Å². The summed E-state index contributed by atoms with van der Waals surface area (Å²) < 4.78 is 0. The second-order valence-electron chi connectivity index (χ2n) is 5.81. The van der Waals surface area contributed by atoms with Gasteiger partial charge in [-0.3, -0.25) is 9.59 Å². The van der Waals surface area contributed by atoms with Crippen molar-refractivity contribution < 1.29 is 9.59 Å². The van der Waals surface area contributed by atoms with E-state index in [1.54, 1.807) is 17.4 Å². The predicted molar refractivity (Wildman–Crippen MR) is 101 cm³/mol. The SMILES string of the molecule is C=CCNC(=O)C(=O)NCC(c1cccs1)N1CCc2ccccc21. The van der Waals surface area contributed by atoms with Crippen LogP contribution in [0.25, 0.3) is 0 Å². The van der Waals surface area contributed by atoms with Gasteiger partial charge in [0.1, 0.15) is 0 Å². The maximum atomic E-state index is 12.0. The number of benzene rings is 1. The van der Waals surface area contributed by atoms with E-state index in [2.05, 4.69) is 40.3 Å². The van der Waals surface area contributed by atoms with Gasteiger partial charge in [0, 0.05) is 30.2 Å². The smallest absolute Gasteiger partial charge is 0.309 e. The van der Waals surface area contributed by atoms with Gasteiger partial charge in [-0.05, 0) is 29.5 Å². The number of fused-ring (bicyclic) bond motifs is 1. The molecule has 0 saturated carbocycles. The molecular weight excluding hydrogens is 334 g/mol. The number of hydrogen-bond donors (Lipinski definition) is 2. The lowest BCUT2D eigenvalue weighted by molar-refractivity contribution is -0.139. The third-order valence-electron chi connectivity index (χ3n) is 4.24. The van der Waals surface area contributed by atoms with Crippen LogP contribution in [0.5, 0.6) is 0 Å². The number of hydrogen-bond acceptors (Lipinski definition) is 4. The molecule has 130 valence electrons. The zero-order valence-electron chi connectivity index (χ0n) is 13.9. The summed E-state index contributed by atoms with van der Waals surface area (Å²) in [6.45, 7) is 5.09. The number of rotatable bonds is 6. The molecule has 0 spiro atoms. The highest BCUT2D eigenvalue weighted by molar-refractivity contribution is 7.10. The number of thiophene rings is 1. The van der Waals surface area contributed by atoms with Crippen LogP contribution in [0, 0.1) is 0 Å². The Morgan fingerprint density at radius 2 is 2.00 bits per heavy atom. The van der Waals surface area contributed by atoms with Crippen molar-refractivity contribution in [1.29, 1.82) is 0 Å². The number of nitrogens with one attached hydrogen (secondary N) is 2. The van der Waals surface area contributed by atoms with E-state index in [9.17, 15) is 9.59 Å². The molecule has 1 aliphatic rings. The number of para-hydroxylation sites is 1. The molecule has 2 heterocycles. The van der Waals surface area contributed by atoms with Gasteiger partial charge in [0.2, 0.25) is 0 Å². The van der Waals surface area contributed by atoms with Crippen molar-refractivity contribution in [2.75, 3.05) is 24.5 Å². The van der Waals surface area contributed by atoms with Crippen molar-refractivity contribution >= 4 is 28.8 Å². The van der Waals surface area contributed by atoms with Gasteiger partial charge in [-0.25, -0.2) is 0 Å². The van der Waals surface area contributed by atoms with Crippen LogP contribution in [-0.4, -0.2) is 31.4 Å². The summed E-state index contributed by atoms with van der Waals surface area (Å²) >= 11 is 1.66. The van der Waals surface area contributed by atoms with Crippen molar-refractivity contribution in [2.24, 2.45) is 0 Å². The second-order valence-corrected chi connectivity index (χ2v) is 6.79. The minimum absolute atomic E-state index is 0.0137. The Hall–Kier alpha value is -2.60. The van der Waals surface area contributed by atoms with Crippen molar-refractivity contribution in [2.45, 2.75) is 12.5 Å². The highest BCUT2D eigenvalue weighted by Crippen LogP contribution is 2.36. The Balaban J connectivity index is 1.73. The zero-order chi connectivity index (χ0) is 17.6. The number of anilines is 1. The first-order valence-corrected chi connectivity index (χ1v) is 9.13. The zero-order valence-corrected chi connectivity index (χ0v) is 14.7. The van der Waals surface area contributed by atoms with Crippen LogP contribution in [0.15, 0.2) is 54.4 Å². The summed E-state index contributed by atoms with van der Waals surface area (Å²) in [6, 6.07) is 12.4. The van der Waals surface area contributed by atoms with Crippen molar-refractivity contribution in [1.82, 2.24) is 10.6 Å². The molecule has 1 unspecified atom stereocenters. The van der Waals surface area contributed by atoms with Gasteiger partial charge >= 0.3 is 11.8 Å². The molecule has 2 amide bonds. The maximum Gasteiger partial charge on any atom is 0.309 e. The summed E-state index contributed by atoms with van der Waals surface area (Å²) in [7, 11) is 0. The number of nitrogens with zero attached hydrogens (tertiary/aromatic N) is 1. The molecule has 5 nitrogen and oxygen atoms in total. The van der Waals surface area contributed by atoms with Crippen LogP contribution in [-0.2, 0) is 16.0 Å². The van der Waals surface area contributed by atoms with E-state index in [1.165, 1.54) is 16.1 Å². The van der Waals surface area contributed by atoms with E-state index in [4.69, 9.17) is 0 Å². The normalized spacial score (nSPS) is 13.8. The summed E-state index contributed by atoms with van der Waals surface area (Å²) in [5, 5.41) is 7.29. The van der Waals surface area contributed by atoms with Gasteiger partial charge in [0.25, 0.3) is 0 Å². The molecule has 0 radical (unpaired) electrons. The van der Waals surface area contributed by atoms with Crippen LogP contribution < -0.4 is 15.5 Å². The minimum atomic E-state index is -0.633. The van der Waals surface area contributed by atoms with Crippen LogP contribution in [0.3, 0.4) is 0 Å². The highest BCUT2D eigenvalue weighted by Gasteiger charge is 2.28. The average Bonchev–Trinajstić information content (AvgIpc) is 3.30. The van der Waals surface area contributed by atoms with Gasteiger partial charge in [-0.15, -0.1) is 17.9 Å². The molecule has 2 aromatic rings. The molecule has 0 fully saturated rings. The summed E-state index contributed by atoms with van der Waals surface area (Å²) in [6.07, 6.45) is 2.53. The highest BCUT2D eigenvalue weighted by atomic mass is 32.1. The van der Waals surface area contributed by atoms with Crippen LogP contribution in [0.1, 0.15) is 16.5 Å². The lowest BCUT2D eigenvalue weighted by Crippen LogP contribution is -2.44. The van der Waals surface area contributed by atoms with Crippen molar-refractivity contribution in [3.63, 3.8) is 0 Å². The second kappa shape index (κ2) is 7.98. The first kappa shape index (κ1) is 17.2. The molecule has 6 heteroatoms. The number of carbonyl (C=O) groups is 2. The lowest BCUT2D eigenvalue weighted by Gasteiger charge is -2.30. The quantitative estimate of drug-likeness (QED) is 0.617. The molecular formula is C19H21N3O2S. The molecule has 0 saturated heterocycles. The fraction of sp³-hybridized carbons (Fsp3) is 0.263. The molecule has 1 aliphatic heterocycles. The van der Waals surface area contributed by atoms with E-state index in [-0.39, 0.29) is 12.6 Å². The van der Waals surface area contributed by atoms with Crippen LogP contribution >= 0.6 is 11.3 Å². The first-order chi connectivity index (χ1) is 12.2. The molecule has 1 aromatic carbocycles. The van der Waals surface area contributed by atoms with Crippen LogP contribution in [0.2, 0.25) is 0 Å². The van der Waals surface area contributed by atoms with E-state index >= 15 is 0 Å². The van der Waals surface area contributed by atoms with Gasteiger partial charge in [0.05, 0.1) is 6.04 Å². The predicted octanol–water partition coefficient (Wildman–Crippen LogP) is 2.27. The number of amides is 2. The Morgan fingerprint density at radius 1 is 1.20 bits per heavy atom. The Bertz CT molecular complexity index is 758. The molecule has 25 heavy (non-hydrogen) atoms. The van der Waals surface area contributed by atoms with Crippen molar-refractivity contribution in [3.8, 4) is 0 Å². The third kappa shape index (κ3) is 3.91. The minimum Gasteiger partial charge on any atom is -0.361 e. The topological polar surface area (TPSA) is 61.4 Å². The molecule has 1 aromatic heterocycles. The van der Waals surface area contributed by atoms with E-state index in [0.717, 1.165) is 13.0 Å². The number of carbonyl (C=O) groups excluding carboxylic acids is 2. The monoisotopic (exact) mass is 355 g/mol. The summed E-state index contributed by atoms with van der Waals surface area (Å²) in [5.74, 6) is -1.25. The van der Waals surface area contributed by atoms with Gasteiger partial charge in [-0.2, -0.15) is 0 Å². The molecule has 3 rings (SSSR count). The fourth-order valence-electron chi connectivity index (χ4n) is 3.05. The molecule has 0 bridgehead atoms. The van der Waals surface area contributed by atoms with E-state index < -0.39 is 11.8 Å². The summed E-state index contributed by atoms with van der Waals surface area (Å²) in [5.41, 5.74) is 2.52. The molecule has 2 N–H and O–H groups in total. The lowest BCUT2D eigenvalue weighted by atomic mass is 10.1. The maximum absolute atomic E-state index is 12.0. The standard InChI is InChI=1S/C19H21N3O2S/c1-2-10-20-18(23)19(24)21-13-16(17-8-5-12-25-17)22-11-9-14-6-3-4-7-15(14)22/h2-8,12,16H,1,9-11,13H2,(H,20,23)(H,21,24). The molecule has 1 atom stereocenters. The first-order valence-electron chi connectivity index (χ1n) is 8.25. The van der Waals surface area contributed by atoms with Crippen molar-refractivity contribution in [3.05, 3.63) is 64.9 Å². The van der Waals surface area contributed by atoms with Gasteiger partial charge < -0.3 is 15.5 Å². The van der Waals surface area contributed by atoms with E-state index in [1.807, 2.05) is 23.6 Å². The molecule has 0 aliphatic carbocycles. The van der Waals surface area contributed by atoms with Gasteiger partial charge in [-0.1, -0.05) is 30.3 Å². The Morgan fingerprint density at radius 3 is 2.76 bits per heavy atom. The third-order valence-corrected chi connectivity index (χ3v) is 5.21. The average molecular weight is 355 g/mol. The largest absolute Gasteiger partial charge is 0.361 e. The van der Waals surface area contributed by atoms with E-state index in [0.29, 0.717) is 6.54 Å². The Kier molecular flexibility index (Phi) is 5.50. The van der Waals surface area contributed by atoms with Gasteiger partial charge in [0.15, 0.2) is 0 Å². The summed E-state index contributed by atoms with van der Waals surface area (Å²) in [4.78, 5) is 27.2. The van der Waals surface area contributed by atoms with Crippen LogP contribution in [0.4, 0.5) is 5.69 Å².